The van der Waals surface area contributed by atoms with E-state index in [0.717, 1.165) is 44.0 Å². The van der Waals surface area contributed by atoms with Crippen LogP contribution in [0.4, 0.5) is 0 Å². The van der Waals surface area contributed by atoms with Gasteiger partial charge in [0.1, 0.15) is 11.3 Å². The van der Waals surface area contributed by atoms with E-state index in [-0.39, 0.29) is 26.4 Å². The van der Waals surface area contributed by atoms with E-state index in [2.05, 4.69) is 10.2 Å². The third kappa shape index (κ3) is 4.86. The number of carbonyl (C=O) groups excluding carboxylic acids is 1. The first-order chi connectivity index (χ1) is 13.0. The Morgan fingerprint density at radius 1 is 1.11 bits per heavy atom. The van der Waals surface area contributed by atoms with Gasteiger partial charge >= 0.3 is 0 Å². The average Bonchev–Trinajstić information content (AvgIpc) is 2.67. The summed E-state index contributed by atoms with van der Waals surface area (Å²) in [7, 11) is 0. The molecule has 0 spiro atoms. The number of phenols is 1. The lowest BCUT2D eigenvalue weighted by Gasteiger charge is -2.27. The molecule has 5 nitrogen and oxygen atoms in total. The molecule has 0 atom stereocenters. The van der Waals surface area contributed by atoms with Crippen LogP contribution in [0.15, 0.2) is 30.3 Å². The van der Waals surface area contributed by atoms with Gasteiger partial charge in [-0.05, 0) is 17.2 Å². The lowest BCUT2D eigenvalue weighted by Crippen LogP contribution is -2.36. The third-order valence-electron chi connectivity index (χ3n) is 4.43. The van der Waals surface area contributed by atoms with E-state index in [9.17, 15) is 9.90 Å². The number of hydrogen-bond donors (Lipinski definition) is 2. The van der Waals surface area contributed by atoms with Crippen LogP contribution in [0.5, 0.6) is 5.75 Å². The average molecular weight is 430 g/mol. The molecular formula is C19H19Cl3N2O3. The standard InChI is InChI=1S/C19H19Cl3N2O3/c20-14-9-15(21)18(25)16(17(14)22)19(26)23-10-12-3-1-2-4-13(12)11-24-5-7-27-8-6-24/h1-4,9,25H,5-8,10-11H2,(H,23,26). The lowest BCUT2D eigenvalue weighted by atomic mass is 10.1. The molecule has 3 rings (SSSR count). The van der Waals surface area contributed by atoms with Gasteiger partial charge in [-0.15, -0.1) is 0 Å². The van der Waals surface area contributed by atoms with E-state index in [1.54, 1.807) is 0 Å². The summed E-state index contributed by atoms with van der Waals surface area (Å²) in [6.07, 6.45) is 0. The summed E-state index contributed by atoms with van der Waals surface area (Å²) >= 11 is 17.9. The van der Waals surface area contributed by atoms with Gasteiger partial charge in [0.05, 0.1) is 28.3 Å². The predicted molar refractivity (Wildman–Crippen MR) is 107 cm³/mol. The zero-order valence-electron chi connectivity index (χ0n) is 14.5. The van der Waals surface area contributed by atoms with E-state index in [1.165, 1.54) is 6.07 Å². The van der Waals surface area contributed by atoms with Crippen molar-refractivity contribution >= 4 is 40.7 Å². The number of nitrogens with zero attached hydrogens (tertiary/aromatic N) is 1. The first-order valence-corrected chi connectivity index (χ1v) is 9.62. The Kier molecular flexibility index (Phi) is 6.84. The van der Waals surface area contributed by atoms with Crippen LogP contribution in [0.2, 0.25) is 15.1 Å². The molecule has 1 heterocycles. The molecule has 0 unspecified atom stereocenters. The summed E-state index contributed by atoms with van der Waals surface area (Å²) in [5, 5.41) is 12.9. The number of halogens is 3. The maximum Gasteiger partial charge on any atom is 0.256 e. The maximum atomic E-state index is 12.6. The number of hydrogen-bond acceptors (Lipinski definition) is 4. The summed E-state index contributed by atoms with van der Waals surface area (Å²) in [6.45, 7) is 4.29. The van der Waals surface area contributed by atoms with Crippen molar-refractivity contribution in [2.45, 2.75) is 13.1 Å². The summed E-state index contributed by atoms with van der Waals surface area (Å²) in [4.78, 5) is 14.9. The highest BCUT2D eigenvalue weighted by Crippen LogP contribution is 2.38. The summed E-state index contributed by atoms with van der Waals surface area (Å²) in [5.41, 5.74) is 1.99. The van der Waals surface area contributed by atoms with Crippen LogP contribution in [0.25, 0.3) is 0 Å². The molecule has 0 aromatic heterocycles. The second-order valence-electron chi connectivity index (χ2n) is 6.22. The van der Waals surface area contributed by atoms with Gasteiger partial charge in [0, 0.05) is 26.2 Å². The molecule has 8 heteroatoms. The zero-order chi connectivity index (χ0) is 19.4. The van der Waals surface area contributed by atoms with Crippen molar-refractivity contribution in [3.8, 4) is 5.75 Å². The summed E-state index contributed by atoms with van der Waals surface area (Å²) < 4.78 is 5.38. The third-order valence-corrected chi connectivity index (χ3v) is 5.50. The molecule has 1 saturated heterocycles. The fraction of sp³-hybridized carbons (Fsp3) is 0.316. The molecule has 0 bridgehead atoms. The van der Waals surface area contributed by atoms with Crippen LogP contribution in [-0.2, 0) is 17.8 Å². The summed E-state index contributed by atoms with van der Waals surface area (Å²) in [6, 6.07) is 9.20. The Morgan fingerprint density at radius 2 is 1.78 bits per heavy atom. The van der Waals surface area contributed by atoms with Gasteiger partial charge in [0.25, 0.3) is 5.91 Å². The highest BCUT2D eigenvalue weighted by atomic mass is 35.5. The highest BCUT2D eigenvalue weighted by Gasteiger charge is 2.21. The van der Waals surface area contributed by atoms with Gasteiger partial charge in [-0.3, -0.25) is 9.69 Å². The molecular weight excluding hydrogens is 411 g/mol. The summed E-state index contributed by atoms with van der Waals surface area (Å²) in [5.74, 6) is -0.923. The lowest BCUT2D eigenvalue weighted by molar-refractivity contribution is 0.0340. The van der Waals surface area contributed by atoms with Crippen molar-refractivity contribution in [2.24, 2.45) is 0 Å². The fourth-order valence-corrected chi connectivity index (χ4v) is 3.63. The number of morpholine rings is 1. The normalized spacial score (nSPS) is 14.9. The minimum atomic E-state index is -0.539. The van der Waals surface area contributed by atoms with E-state index in [1.807, 2.05) is 24.3 Å². The van der Waals surface area contributed by atoms with Crippen LogP contribution in [0, 0.1) is 0 Å². The molecule has 2 aromatic rings. The second-order valence-corrected chi connectivity index (χ2v) is 7.41. The van der Waals surface area contributed by atoms with Crippen LogP contribution >= 0.6 is 34.8 Å². The van der Waals surface area contributed by atoms with Crippen molar-refractivity contribution in [3.05, 3.63) is 62.1 Å². The van der Waals surface area contributed by atoms with Crippen LogP contribution in [-0.4, -0.2) is 42.2 Å². The van der Waals surface area contributed by atoms with Crippen LogP contribution in [0.1, 0.15) is 21.5 Å². The Bertz CT molecular complexity index is 813. The van der Waals surface area contributed by atoms with E-state index in [4.69, 9.17) is 39.5 Å². The molecule has 144 valence electrons. The quantitative estimate of drug-likeness (QED) is 0.702. The van der Waals surface area contributed by atoms with Crippen LogP contribution < -0.4 is 5.32 Å². The zero-order valence-corrected chi connectivity index (χ0v) is 16.7. The topological polar surface area (TPSA) is 61.8 Å². The second kappa shape index (κ2) is 9.13. The van der Waals surface area contributed by atoms with E-state index in [0.29, 0.717) is 6.54 Å². The number of rotatable bonds is 5. The molecule has 1 amide bonds. The van der Waals surface area contributed by atoms with Gasteiger partial charge in [0.15, 0.2) is 0 Å². The first-order valence-electron chi connectivity index (χ1n) is 8.49. The first kappa shape index (κ1) is 20.2. The minimum Gasteiger partial charge on any atom is -0.505 e. The number of nitrogens with one attached hydrogen (secondary N) is 1. The molecule has 0 saturated carbocycles. The van der Waals surface area contributed by atoms with Crippen molar-refractivity contribution < 1.29 is 14.6 Å². The monoisotopic (exact) mass is 428 g/mol. The van der Waals surface area contributed by atoms with E-state index < -0.39 is 5.91 Å². The number of amides is 1. The maximum absolute atomic E-state index is 12.6. The fourth-order valence-electron chi connectivity index (χ4n) is 2.94. The number of aromatic hydroxyl groups is 1. The Labute approximate surface area is 172 Å². The molecule has 2 aromatic carbocycles. The molecule has 27 heavy (non-hydrogen) atoms. The predicted octanol–water partition coefficient (Wildman–Crippen LogP) is 4.11. The molecule has 1 aliphatic heterocycles. The Hall–Kier alpha value is -1.50. The Balaban J connectivity index is 1.73. The number of phenolic OH excluding ortho intramolecular Hbond substituents is 1. The van der Waals surface area contributed by atoms with Crippen molar-refractivity contribution in [2.75, 3.05) is 26.3 Å². The smallest absolute Gasteiger partial charge is 0.256 e. The van der Waals surface area contributed by atoms with Crippen molar-refractivity contribution in [3.63, 3.8) is 0 Å². The molecule has 0 radical (unpaired) electrons. The van der Waals surface area contributed by atoms with Crippen molar-refractivity contribution in [1.29, 1.82) is 0 Å². The van der Waals surface area contributed by atoms with Crippen molar-refractivity contribution in [1.82, 2.24) is 10.2 Å². The van der Waals surface area contributed by atoms with E-state index >= 15 is 0 Å². The van der Waals surface area contributed by atoms with Gasteiger partial charge in [-0.1, -0.05) is 59.1 Å². The number of ether oxygens (including phenoxy) is 1. The van der Waals surface area contributed by atoms with Gasteiger partial charge in [-0.2, -0.15) is 0 Å². The number of carbonyl (C=O) groups is 1. The van der Waals surface area contributed by atoms with Gasteiger partial charge in [0.2, 0.25) is 0 Å². The molecule has 1 aliphatic rings. The van der Waals surface area contributed by atoms with Gasteiger partial charge in [-0.25, -0.2) is 0 Å². The highest BCUT2D eigenvalue weighted by molar-refractivity contribution is 6.45. The molecule has 2 N–H and O–H groups in total. The molecule has 0 aliphatic carbocycles. The largest absolute Gasteiger partial charge is 0.505 e. The Morgan fingerprint density at radius 3 is 2.48 bits per heavy atom. The van der Waals surface area contributed by atoms with Gasteiger partial charge < -0.3 is 15.2 Å². The van der Waals surface area contributed by atoms with Crippen LogP contribution in [0.3, 0.4) is 0 Å². The molecule has 1 fully saturated rings. The minimum absolute atomic E-state index is 0.0257. The SMILES string of the molecule is O=C(NCc1ccccc1CN1CCOCC1)c1c(O)c(Cl)cc(Cl)c1Cl. The number of benzene rings is 2.